The molecule has 0 radical (unpaired) electrons. The molecule has 4 rings (SSSR count). The van der Waals surface area contributed by atoms with Crippen LogP contribution in [0.15, 0.2) is 34.5 Å². The first-order valence-corrected chi connectivity index (χ1v) is 11.7. The molecule has 0 saturated carbocycles. The Morgan fingerprint density at radius 2 is 2.06 bits per heavy atom. The minimum absolute atomic E-state index is 0.175. The summed E-state index contributed by atoms with van der Waals surface area (Å²) in [6, 6.07) is 4.21. The van der Waals surface area contributed by atoms with Gasteiger partial charge in [-0.05, 0) is 19.9 Å². The van der Waals surface area contributed by atoms with Crippen molar-refractivity contribution in [3.05, 3.63) is 35.6 Å². The van der Waals surface area contributed by atoms with Gasteiger partial charge in [-0.1, -0.05) is 30.0 Å². The van der Waals surface area contributed by atoms with Gasteiger partial charge in [-0.25, -0.2) is 9.18 Å². The largest absolute Gasteiger partial charge is 0.480 e. The van der Waals surface area contributed by atoms with Gasteiger partial charge in [-0.2, -0.15) is 5.10 Å². The molecule has 13 heteroatoms. The van der Waals surface area contributed by atoms with Crippen LogP contribution in [0.4, 0.5) is 4.39 Å². The fourth-order valence-electron chi connectivity index (χ4n) is 3.86. The summed E-state index contributed by atoms with van der Waals surface area (Å²) in [6.45, 7) is 3.49. The minimum Gasteiger partial charge on any atom is -0.480 e. The fourth-order valence-corrected chi connectivity index (χ4v) is 6.41. The maximum atomic E-state index is 13.6. The number of halogens is 1. The van der Waals surface area contributed by atoms with Crippen LogP contribution in [0.1, 0.15) is 25.8 Å². The summed E-state index contributed by atoms with van der Waals surface area (Å²) in [5.74, 6) is -2.93. The molecule has 0 bridgehead atoms. The van der Waals surface area contributed by atoms with E-state index in [-0.39, 0.29) is 17.2 Å². The predicted molar refractivity (Wildman–Crippen MR) is 121 cm³/mol. The number of fused-ring (bicyclic) bond motifs is 1. The van der Waals surface area contributed by atoms with Crippen LogP contribution >= 0.6 is 23.5 Å². The molecule has 3 heterocycles. The Kier molecular flexibility index (Phi) is 6.18. The highest BCUT2D eigenvalue weighted by molar-refractivity contribution is 8.15. The third-order valence-electron chi connectivity index (χ3n) is 5.39. The smallest absolute Gasteiger partial charge is 0.327 e. The third kappa shape index (κ3) is 4.47. The molecule has 174 valence electrons. The Morgan fingerprint density at radius 3 is 2.76 bits per heavy atom. The summed E-state index contributed by atoms with van der Waals surface area (Å²) < 4.78 is 12.9. The lowest BCUT2D eigenvalue weighted by atomic mass is 9.96. The Hall–Kier alpha value is -2.93. The number of hydrogen-bond donors (Lipinski definition) is 3. The molecule has 4 atom stereocenters. The van der Waals surface area contributed by atoms with Crippen molar-refractivity contribution in [3.8, 4) is 0 Å². The molecular formula is C20H20FN5O5S2. The number of carboxylic acid groups (broad SMARTS) is 1. The normalized spacial score (nSPS) is 29.2. The summed E-state index contributed by atoms with van der Waals surface area (Å²) in [5, 5.41) is 21.2. The van der Waals surface area contributed by atoms with Gasteiger partial charge in [0.05, 0.1) is 6.21 Å². The quantitative estimate of drug-likeness (QED) is 0.302. The van der Waals surface area contributed by atoms with Gasteiger partial charge < -0.3 is 20.6 Å². The van der Waals surface area contributed by atoms with Crippen molar-refractivity contribution in [2.45, 2.75) is 47.7 Å². The molecule has 0 aliphatic carbocycles. The highest BCUT2D eigenvalue weighted by Gasteiger charge is 2.64. The minimum atomic E-state index is -1.09. The Balaban J connectivity index is 1.32. The third-order valence-corrected chi connectivity index (χ3v) is 8.03. The number of aliphatic carboxylic acids is 1. The van der Waals surface area contributed by atoms with Gasteiger partial charge in [-0.15, -0.1) is 16.9 Å². The van der Waals surface area contributed by atoms with Gasteiger partial charge in [0.15, 0.2) is 5.17 Å². The number of amides is 3. The van der Waals surface area contributed by atoms with E-state index in [4.69, 9.17) is 0 Å². The number of nitrogens with one attached hydrogen (secondary N) is 2. The van der Waals surface area contributed by atoms with E-state index in [9.17, 15) is 28.7 Å². The van der Waals surface area contributed by atoms with Gasteiger partial charge in [0.2, 0.25) is 17.7 Å². The van der Waals surface area contributed by atoms with Crippen LogP contribution in [0.25, 0.3) is 0 Å². The number of β-lactam (4-membered cyclic amide) rings is 1. The zero-order valence-corrected chi connectivity index (χ0v) is 19.2. The number of carboxylic acids is 1. The summed E-state index contributed by atoms with van der Waals surface area (Å²) in [4.78, 5) is 50.0. The number of amidine groups is 1. The van der Waals surface area contributed by atoms with Crippen molar-refractivity contribution in [2.24, 2.45) is 10.2 Å². The number of carbonyl (C=O) groups is 4. The molecule has 1 aromatic carbocycles. The van der Waals surface area contributed by atoms with Crippen LogP contribution in [-0.2, 0) is 19.2 Å². The lowest BCUT2D eigenvalue weighted by molar-refractivity contribution is -0.161. The van der Waals surface area contributed by atoms with E-state index < -0.39 is 57.0 Å². The van der Waals surface area contributed by atoms with Gasteiger partial charge in [-0.3, -0.25) is 14.4 Å². The molecule has 0 aromatic heterocycles. The van der Waals surface area contributed by atoms with Crippen LogP contribution in [0.2, 0.25) is 0 Å². The molecular weight excluding hydrogens is 473 g/mol. The molecule has 3 saturated heterocycles. The molecule has 3 N–H and O–H groups in total. The molecule has 3 aliphatic rings. The van der Waals surface area contributed by atoms with Crippen LogP contribution in [0.3, 0.4) is 0 Å². The molecule has 3 fully saturated rings. The van der Waals surface area contributed by atoms with E-state index in [1.807, 2.05) is 0 Å². The van der Waals surface area contributed by atoms with Gasteiger partial charge in [0, 0.05) is 16.7 Å². The standard InChI is InChI=1S/C20H20FN5O5S2/c1-20(2)14(18(30)31)26-16(29)13(17(26)33-20)23-12(27)7-11-15(28)24-19(32-11)25-22-8-9-5-3-4-6-10(9)21/h3-6,8,11,13-14,17H,7H2,1-2H3,(H,23,27)(H,30,31)(H,24,25,28). The number of carbonyl (C=O) groups excluding carboxylic acids is 3. The SMILES string of the molecule is CC1(C)SC2C(NC(=O)CC3SC(=NN=Cc4ccccc4F)NC3=O)C(=O)N2C1C(=O)O. The summed E-state index contributed by atoms with van der Waals surface area (Å²) in [5.41, 5.74) is 0.240. The van der Waals surface area contributed by atoms with Gasteiger partial charge in [0.1, 0.15) is 28.5 Å². The van der Waals surface area contributed by atoms with E-state index in [1.54, 1.807) is 26.0 Å². The van der Waals surface area contributed by atoms with E-state index in [0.717, 1.165) is 11.8 Å². The van der Waals surface area contributed by atoms with Crippen molar-refractivity contribution in [2.75, 3.05) is 0 Å². The lowest BCUT2D eigenvalue weighted by Crippen LogP contribution is -2.70. The fraction of sp³-hybridized carbons (Fsp3) is 0.400. The van der Waals surface area contributed by atoms with E-state index in [2.05, 4.69) is 20.8 Å². The van der Waals surface area contributed by atoms with Crippen molar-refractivity contribution in [3.63, 3.8) is 0 Å². The molecule has 4 unspecified atom stereocenters. The molecule has 10 nitrogen and oxygen atoms in total. The first-order chi connectivity index (χ1) is 15.6. The maximum Gasteiger partial charge on any atom is 0.327 e. The van der Waals surface area contributed by atoms with Crippen LogP contribution in [-0.4, -0.2) is 72.5 Å². The molecule has 0 spiro atoms. The monoisotopic (exact) mass is 493 g/mol. The van der Waals surface area contributed by atoms with E-state index >= 15 is 0 Å². The zero-order valence-electron chi connectivity index (χ0n) is 17.5. The number of thioether (sulfide) groups is 2. The number of nitrogens with zero attached hydrogens (tertiary/aromatic N) is 3. The number of hydrogen-bond acceptors (Lipinski definition) is 8. The second kappa shape index (κ2) is 8.78. The number of rotatable bonds is 6. The van der Waals surface area contributed by atoms with Gasteiger partial charge >= 0.3 is 5.97 Å². The molecule has 33 heavy (non-hydrogen) atoms. The maximum absolute atomic E-state index is 13.6. The average Bonchev–Trinajstić information content (AvgIpc) is 3.21. The zero-order chi connectivity index (χ0) is 23.9. The Bertz CT molecular complexity index is 1090. The van der Waals surface area contributed by atoms with E-state index in [0.29, 0.717) is 0 Å². The summed E-state index contributed by atoms with van der Waals surface area (Å²) >= 11 is 2.33. The summed E-state index contributed by atoms with van der Waals surface area (Å²) in [6.07, 6.45) is 1.02. The number of benzene rings is 1. The highest BCUT2D eigenvalue weighted by atomic mass is 32.2. The van der Waals surface area contributed by atoms with Crippen molar-refractivity contribution in [1.82, 2.24) is 15.5 Å². The van der Waals surface area contributed by atoms with Crippen molar-refractivity contribution in [1.29, 1.82) is 0 Å². The Labute approximate surface area is 196 Å². The Morgan fingerprint density at radius 1 is 1.33 bits per heavy atom. The average molecular weight is 494 g/mol. The second-order valence-electron chi connectivity index (χ2n) is 8.11. The predicted octanol–water partition coefficient (Wildman–Crippen LogP) is 0.769. The second-order valence-corrected chi connectivity index (χ2v) is 11.1. The van der Waals surface area contributed by atoms with Crippen molar-refractivity contribution < 1.29 is 28.7 Å². The first kappa shape index (κ1) is 23.2. The lowest BCUT2D eigenvalue weighted by Gasteiger charge is -2.43. The topological polar surface area (TPSA) is 141 Å². The first-order valence-electron chi connectivity index (χ1n) is 9.94. The highest BCUT2D eigenvalue weighted by Crippen LogP contribution is 2.50. The van der Waals surface area contributed by atoms with Crippen molar-refractivity contribution >= 4 is 58.6 Å². The van der Waals surface area contributed by atoms with Crippen LogP contribution in [0.5, 0.6) is 0 Å². The molecule has 1 aromatic rings. The summed E-state index contributed by atoms with van der Waals surface area (Å²) in [7, 11) is 0. The molecule has 3 amide bonds. The van der Waals surface area contributed by atoms with Crippen LogP contribution in [0, 0.1) is 5.82 Å². The molecule has 3 aliphatic heterocycles. The van der Waals surface area contributed by atoms with Crippen LogP contribution < -0.4 is 10.6 Å². The van der Waals surface area contributed by atoms with Gasteiger partial charge in [0.25, 0.3) is 0 Å². The van der Waals surface area contributed by atoms with E-state index in [1.165, 1.54) is 35.0 Å².